The SMILES string of the molecule is CSC1(CNC(C)c2cc(C)c(C)cc2C)CCCC1. The van der Waals surface area contributed by atoms with Crippen LogP contribution in [0.15, 0.2) is 12.1 Å². The van der Waals surface area contributed by atoms with E-state index in [1.807, 2.05) is 0 Å². The van der Waals surface area contributed by atoms with Crippen molar-refractivity contribution in [2.45, 2.75) is 64.2 Å². The van der Waals surface area contributed by atoms with Crippen molar-refractivity contribution in [3.63, 3.8) is 0 Å². The first kappa shape index (κ1) is 15.9. The third-order valence-electron chi connectivity index (χ3n) is 5.03. The van der Waals surface area contributed by atoms with E-state index in [0.29, 0.717) is 10.8 Å². The molecule has 0 saturated heterocycles. The van der Waals surface area contributed by atoms with Crippen molar-refractivity contribution < 1.29 is 0 Å². The van der Waals surface area contributed by atoms with Crippen LogP contribution in [-0.2, 0) is 0 Å². The van der Waals surface area contributed by atoms with Crippen LogP contribution in [0.3, 0.4) is 0 Å². The molecule has 1 nitrogen and oxygen atoms in total. The van der Waals surface area contributed by atoms with Gasteiger partial charge in [-0.15, -0.1) is 0 Å². The first-order valence-electron chi connectivity index (χ1n) is 7.84. The summed E-state index contributed by atoms with van der Waals surface area (Å²) >= 11 is 2.06. The lowest BCUT2D eigenvalue weighted by atomic mass is 9.96. The molecule has 1 aromatic rings. The maximum absolute atomic E-state index is 3.80. The number of nitrogens with one attached hydrogen (secondary N) is 1. The van der Waals surface area contributed by atoms with Crippen LogP contribution in [0, 0.1) is 20.8 Å². The van der Waals surface area contributed by atoms with Gasteiger partial charge < -0.3 is 5.32 Å². The van der Waals surface area contributed by atoms with Gasteiger partial charge in [0, 0.05) is 17.3 Å². The average Bonchev–Trinajstić information content (AvgIpc) is 2.90. The van der Waals surface area contributed by atoms with Gasteiger partial charge in [-0.25, -0.2) is 0 Å². The van der Waals surface area contributed by atoms with Crippen molar-refractivity contribution in [1.82, 2.24) is 5.32 Å². The van der Waals surface area contributed by atoms with Gasteiger partial charge in [0.05, 0.1) is 0 Å². The second kappa shape index (κ2) is 6.53. The lowest BCUT2D eigenvalue weighted by molar-refractivity contribution is 0.485. The molecule has 0 bridgehead atoms. The third kappa shape index (κ3) is 3.40. The molecule has 1 unspecified atom stereocenters. The van der Waals surface area contributed by atoms with Crippen LogP contribution < -0.4 is 5.32 Å². The van der Waals surface area contributed by atoms with Crippen LogP contribution in [0.2, 0.25) is 0 Å². The number of hydrogen-bond acceptors (Lipinski definition) is 2. The molecule has 0 heterocycles. The summed E-state index contributed by atoms with van der Waals surface area (Å²) in [6.45, 7) is 10.1. The zero-order valence-electron chi connectivity index (χ0n) is 13.7. The zero-order chi connectivity index (χ0) is 14.8. The van der Waals surface area contributed by atoms with E-state index in [1.165, 1.54) is 47.9 Å². The Morgan fingerprint density at radius 1 is 1.10 bits per heavy atom. The van der Waals surface area contributed by atoms with Crippen molar-refractivity contribution in [3.8, 4) is 0 Å². The Morgan fingerprint density at radius 3 is 2.30 bits per heavy atom. The standard InChI is InChI=1S/C18H29NS/c1-13-10-15(3)17(11-14(13)2)16(4)19-12-18(20-5)8-6-7-9-18/h10-11,16,19H,6-9,12H2,1-5H3. The molecule has 112 valence electrons. The molecule has 20 heavy (non-hydrogen) atoms. The van der Waals surface area contributed by atoms with Gasteiger partial charge in [0.1, 0.15) is 0 Å². The fourth-order valence-corrected chi connectivity index (χ4v) is 4.30. The molecule has 1 saturated carbocycles. The van der Waals surface area contributed by atoms with E-state index in [9.17, 15) is 0 Å². The fraction of sp³-hybridized carbons (Fsp3) is 0.667. The van der Waals surface area contributed by atoms with Crippen molar-refractivity contribution in [1.29, 1.82) is 0 Å². The van der Waals surface area contributed by atoms with E-state index >= 15 is 0 Å². The van der Waals surface area contributed by atoms with Gasteiger partial charge >= 0.3 is 0 Å². The number of hydrogen-bond donors (Lipinski definition) is 1. The van der Waals surface area contributed by atoms with E-state index in [4.69, 9.17) is 0 Å². The number of rotatable bonds is 5. The number of benzene rings is 1. The predicted molar refractivity (Wildman–Crippen MR) is 91.8 cm³/mol. The zero-order valence-corrected chi connectivity index (χ0v) is 14.5. The summed E-state index contributed by atoms with van der Waals surface area (Å²) in [4.78, 5) is 0. The monoisotopic (exact) mass is 291 g/mol. The van der Waals surface area contributed by atoms with Gasteiger partial charge in [0.25, 0.3) is 0 Å². The molecule has 1 aliphatic carbocycles. The summed E-state index contributed by atoms with van der Waals surface area (Å²) < 4.78 is 0.488. The van der Waals surface area contributed by atoms with Crippen LogP contribution in [0.1, 0.15) is 60.9 Å². The summed E-state index contributed by atoms with van der Waals surface area (Å²) in [7, 11) is 0. The van der Waals surface area contributed by atoms with Crippen molar-refractivity contribution in [2.24, 2.45) is 0 Å². The Morgan fingerprint density at radius 2 is 1.70 bits per heavy atom. The molecule has 0 radical (unpaired) electrons. The summed E-state index contributed by atoms with van der Waals surface area (Å²) in [6, 6.07) is 5.13. The van der Waals surface area contributed by atoms with E-state index in [1.54, 1.807) is 0 Å². The van der Waals surface area contributed by atoms with E-state index < -0.39 is 0 Å². The summed E-state index contributed by atoms with van der Waals surface area (Å²) in [5.74, 6) is 0. The Kier molecular flexibility index (Phi) is 5.19. The van der Waals surface area contributed by atoms with Crippen LogP contribution in [0.25, 0.3) is 0 Å². The van der Waals surface area contributed by atoms with Crippen molar-refractivity contribution in [2.75, 3.05) is 12.8 Å². The predicted octanol–water partition coefficient (Wildman–Crippen LogP) is 4.94. The molecule has 0 aromatic heterocycles. The smallest absolute Gasteiger partial charge is 0.0295 e. The lowest BCUT2D eigenvalue weighted by Crippen LogP contribution is -2.36. The topological polar surface area (TPSA) is 12.0 Å². The van der Waals surface area contributed by atoms with Crippen molar-refractivity contribution in [3.05, 3.63) is 34.4 Å². The molecule has 2 heteroatoms. The molecule has 0 amide bonds. The average molecular weight is 292 g/mol. The lowest BCUT2D eigenvalue weighted by Gasteiger charge is -2.29. The highest BCUT2D eigenvalue weighted by molar-refractivity contribution is 8.00. The second-order valence-corrected chi connectivity index (χ2v) is 7.76. The third-order valence-corrected chi connectivity index (χ3v) is 6.45. The Labute approximate surface area is 128 Å². The second-order valence-electron chi connectivity index (χ2n) is 6.49. The minimum Gasteiger partial charge on any atom is -0.309 e. The van der Waals surface area contributed by atoms with Crippen LogP contribution in [0.5, 0.6) is 0 Å². The largest absolute Gasteiger partial charge is 0.309 e. The molecule has 0 spiro atoms. The van der Waals surface area contributed by atoms with E-state index in [2.05, 4.69) is 63.2 Å². The van der Waals surface area contributed by atoms with Gasteiger partial charge in [-0.1, -0.05) is 25.0 Å². The first-order chi connectivity index (χ1) is 9.47. The van der Waals surface area contributed by atoms with Crippen LogP contribution in [-0.4, -0.2) is 17.5 Å². The molecule has 1 aliphatic rings. The molecular formula is C18H29NS. The maximum atomic E-state index is 3.80. The van der Waals surface area contributed by atoms with E-state index in [0.717, 1.165) is 6.54 Å². The minimum absolute atomic E-state index is 0.443. The van der Waals surface area contributed by atoms with Gasteiger partial charge in [-0.2, -0.15) is 11.8 Å². The fourth-order valence-electron chi connectivity index (χ4n) is 3.37. The molecule has 1 atom stereocenters. The first-order valence-corrected chi connectivity index (χ1v) is 9.06. The molecule has 0 aliphatic heterocycles. The normalized spacial score (nSPS) is 19.2. The Hall–Kier alpha value is -0.470. The molecule has 2 rings (SSSR count). The highest BCUT2D eigenvalue weighted by atomic mass is 32.2. The van der Waals surface area contributed by atoms with Crippen LogP contribution >= 0.6 is 11.8 Å². The van der Waals surface area contributed by atoms with E-state index in [-0.39, 0.29) is 0 Å². The molecule has 1 N–H and O–H groups in total. The quantitative estimate of drug-likeness (QED) is 0.825. The minimum atomic E-state index is 0.443. The maximum Gasteiger partial charge on any atom is 0.0295 e. The highest BCUT2D eigenvalue weighted by Crippen LogP contribution is 2.40. The summed E-state index contributed by atoms with van der Waals surface area (Å²) in [5, 5.41) is 3.80. The Balaban J connectivity index is 2.05. The van der Waals surface area contributed by atoms with Gasteiger partial charge in [-0.3, -0.25) is 0 Å². The Bertz CT molecular complexity index is 461. The van der Waals surface area contributed by atoms with Gasteiger partial charge in [-0.05, 0) is 69.0 Å². The number of thioether (sulfide) groups is 1. The van der Waals surface area contributed by atoms with Crippen LogP contribution in [0.4, 0.5) is 0 Å². The van der Waals surface area contributed by atoms with Crippen molar-refractivity contribution >= 4 is 11.8 Å². The highest BCUT2D eigenvalue weighted by Gasteiger charge is 2.33. The summed E-state index contributed by atoms with van der Waals surface area (Å²) in [6.07, 6.45) is 7.83. The number of aryl methyl sites for hydroxylation is 3. The van der Waals surface area contributed by atoms with Gasteiger partial charge in [0.15, 0.2) is 0 Å². The molecule has 1 fully saturated rings. The van der Waals surface area contributed by atoms with Gasteiger partial charge in [0.2, 0.25) is 0 Å². The summed E-state index contributed by atoms with van der Waals surface area (Å²) in [5.41, 5.74) is 5.68. The molecule has 1 aromatic carbocycles. The molecular weight excluding hydrogens is 262 g/mol.